The summed E-state index contributed by atoms with van der Waals surface area (Å²) in [5, 5.41) is 7.58. The summed E-state index contributed by atoms with van der Waals surface area (Å²) in [6, 6.07) is 7.73. The van der Waals surface area contributed by atoms with Gasteiger partial charge in [-0.25, -0.2) is 13.5 Å². The van der Waals surface area contributed by atoms with Crippen LogP contribution in [0.25, 0.3) is 5.69 Å². The van der Waals surface area contributed by atoms with Gasteiger partial charge in [-0.3, -0.25) is 4.98 Å². The average molecular weight is 397 g/mol. The van der Waals surface area contributed by atoms with Crippen molar-refractivity contribution in [1.82, 2.24) is 19.7 Å². The number of nitrogens with zero attached hydrogens (tertiary/aromatic N) is 4. The molecule has 1 N–H and O–H groups in total. The molecule has 3 aromatic rings. The fraction of sp³-hybridized carbons (Fsp3) is 0.381. The van der Waals surface area contributed by atoms with E-state index in [0.717, 1.165) is 55.3 Å². The number of anilines is 2. The van der Waals surface area contributed by atoms with Gasteiger partial charge in [-0.1, -0.05) is 0 Å². The summed E-state index contributed by atoms with van der Waals surface area (Å²) < 4.78 is 33.5. The molecule has 3 heterocycles. The monoisotopic (exact) mass is 397 g/mol. The Balaban J connectivity index is 1.40. The van der Waals surface area contributed by atoms with E-state index in [-0.39, 0.29) is 0 Å². The molecule has 0 bridgehead atoms. The van der Waals surface area contributed by atoms with Crippen LogP contribution in [0.2, 0.25) is 0 Å². The van der Waals surface area contributed by atoms with Crippen LogP contribution in [0.1, 0.15) is 48.9 Å². The summed E-state index contributed by atoms with van der Waals surface area (Å²) in [7, 11) is 0. The molecule has 5 rings (SSSR count). The minimum Gasteiger partial charge on any atom is -0.381 e. The standard InChI is InChI=1S/C21H21F2N5O/c22-17-4-3-16(11-18(17)23)28-12-24-21(27-28)25-15-9-19(13-1-2-13)26-20(10-15)14-5-7-29-8-6-14/h3-4,9-14H,1-2,5-8H2,(H,25,26,27). The van der Waals surface area contributed by atoms with E-state index in [9.17, 15) is 8.78 Å². The van der Waals surface area contributed by atoms with Crippen LogP contribution in [0.5, 0.6) is 0 Å². The van der Waals surface area contributed by atoms with E-state index in [1.807, 2.05) is 0 Å². The summed E-state index contributed by atoms with van der Waals surface area (Å²) in [5.74, 6) is -0.492. The average Bonchev–Trinajstić information content (AvgIpc) is 3.50. The molecular weight excluding hydrogens is 376 g/mol. The highest BCUT2D eigenvalue weighted by molar-refractivity contribution is 5.55. The van der Waals surface area contributed by atoms with Gasteiger partial charge in [0.15, 0.2) is 11.6 Å². The van der Waals surface area contributed by atoms with E-state index >= 15 is 0 Å². The lowest BCUT2D eigenvalue weighted by Crippen LogP contribution is -2.16. The van der Waals surface area contributed by atoms with Crippen LogP contribution >= 0.6 is 0 Å². The molecule has 0 radical (unpaired) electrons. The number of rotatable bonds is 5. The minimum absolute atomic E-state index is 0.389. The van der Waals surface area contributed by atoms with Gasteiger partial charge in [-0.05, 0) is 49.9 Å². The summed E-state index contributed by atoms with van der Waals surface area (Å²) >= 11 is 0. The maximum atomic E-state index is 13.5. The number of benzene rings is 1. The second-order valence-electron chi connectivity index (χ2n) is 7.60. The van der Waals surface area contributed by atoms with Crippen molar-refractivity contribution < 1.29 is 13.5 Å². The van der Waals surface area contributed by atoms with Crippen molar-refractivity contribution in [3.05, 3.63) is 59.7 Å². The molecule has 29 heavy (non-hydrogen) atoms. The molecule has 0 atom stereocenters. The molecule has 0 amide bonds. The Morgan fingerprint density at radius 3 is 2.34 bits per heavy atom. The lowest BCUT2D eigenvalue weighted by molar-refractivity contribution is 0.0845. The maximum absolute atomic E-state index is 13.5. The fourth-order valence-corrected chi connectivity index (χ4v) is 3.64. The third-order valence-corrected chi connectivity index (χ3v) is 5.42. The number of halogens is 2. The Bertz CT molecular complexity index is 1030. The van der Waals surface area contributed by atoms with Crippen molar-refractivity contribution in [3.8, 4) is 5.69 Å². The van der Waals surface area contributed by atoms with Gasteiger partial charge in [0.1, 0.15) is 6.33 Å². The predicted octanol–water partition coefficient (Wildman–Crippen LogP) is 4.46. The van der Waals surface area contributed by atoms with Gasteiger partial charge >= 0.3 is 0 Å². The van der Waals surface area contributed by atoms with Crippen LogP contribution < -0.4 is 5.32 Å². The van der Waals surface area contributed by atoms with Crippen molar-refractivity contribution in [1.29, 1.82) is 0 Å². The number of hydrogen-bond acceptors (Lipinski definition) is 5. The van der Waals surface area contributed by atoms with Crippen molar-refractivity contribution in [3.63, 3.8) is 0 Å². The number of hydrogen-bond donors (Lipinski definition) is 1. The van der Waals surface area contributed by atoms with E-state index in [4.69, 9.17) is 9.72 Å². The van der Waals surface area contributed by atoms with Gasteiger partial charge < -0.3 is 10.1 Å². The van der Waals surface area contributed by atoms with E-state index in [1.54, 1.807) is 0 Å². The summed E-state index contributed by atoms with van der Waals surface area (Å²) in [4.78, 5) is 9.17. The summed E-state index contributed by atoms with van der Waals surface area (Å²) in [6.07, 6.45) is 5.77. The number of ether oxygens (including phenoxy) is 1. The highest BCUT2D eigenvalue weighted by Crippen LogP contribution is 2.41. The van der Waals surface area contributed by atoms with Crippen LogP contribution in [0, 0.1) is 11.6 Å². The van der Waals surface area contributed by atoms with Crippen molar-refractivity contribution in [2.24, 2.45) is 0 Å². The SMILES string of the molecule is Fc1ccc(-n2cnc(Nc3cc(C4CCOCC4)nc(C4CC4)c3)n2)cc1F. The first-order valence-electron chi connectivity index (χ1n) is 9.89. The first-order chi connectivity index (χ1) is 14.2. The van der Waals surface area contributed by atoms with E-state index < -0.39 is 11.6 Å². The normalized spacial score (nSPS) is 17.4. The van der Waals surface area contributed by atoms with Crippen LogP contribution in [-0.4, -0.2) is 33.0 Å². The molecule has 0 unspecified atom stereocenters. The zero-order valence-electron chi connectivity index (χ0n) is 15.8. The molecule has 150 valence electrons. The summed E-state index contributed by atoms with van der Waals surface area (Å²) in [6.45, 7) is 1.53. The van der Waals surface area contributed by atoms with Crippen LogP contribution in [0.4, 0.5) is 20.4 Å². The van der Waals surface area contributed by atoms with Crippen molar-refractivity contribution in [2.45, 2.75) is 37.5 Å². The van der Waals surface area contributed by atoms with E-state index in [1.165, 1.54) is 29.9 Å². The van der Waals surface area contributed by atoms with Gasteiger partial charge in [0.25, 0.3) is 0 Å². The number of pyridine rings is 1. The molecule has 8 heteroatoms. The van der Waals surface area contributed by atoms with Crippen LogP contribution in [-0.2, 0) is 4.74 Å². The zero-order chi connectivity index (χ0) is 19.8. The Morgan fingerprint density at radius 2 is 1.66 bits per heavy atom. The fourth-order valence-electron chi connectivity index (χ4n) is 3.64. The number of nitrogens with one attached hydrogen (secondary N) is 1. The molecule has 2 aliphatic rings. The van der Waals surface area contributed by atoms with Gasteiger partial charge in [0.2, 0.25) is 5.95 Å². The molecule has 6 nitrogen and oxygen atoms in total. The third-order valence-electron chi connectivity index (χ3n) is 5.42. The molecule has 2 fully saturated rings. The lowest BCUT2D eigenvalue weighted by atomic mass is 9.95. The minimum atomic E-state index is -0.920. The molecule has 1 saturated heterocycles. The lowest BCUT2D eigenvalue weighted by Gasteiger charge is -2.22. The highest BCUT2D eigenvalue weighted by Gasteiger charge is 2.27. The third kappa shape index (κ3) is 3.98. The van der Waals surface area contributed by atoms with E-state index in [0.29, 0.717) is 23.5 Å². The van der Waals surface area contributed by atoms with Gasteiger partial charge in [-0.15, -0.1) is 5.10 Å². The van der Waals surface area contributed by atoms with Gasteiger partial charge in [0, 0.05) is 48.2 Å². The molecule has 1 aromatic carbocycles. The van der Waals surface area contributed by atoms with Crippen molar-refractivity contribution >= 4 is 11.6 Å². The highest BCUT2D eigenvalue weighted by atomic mass is 19.2. The Hall–Kier alpha value is -2.87. The molecule has 1 aliphatic heterocycles. The molecule has 2 aromatic heterocycles. The van der Waals surface area contributed by atoms with Crippen LogP contribution in [0.3, 0.4) is 0 Å². The largest absolute Gasteiger partial charge is 0.381 e. The zero-order valence-corrected chi connectivity index (χ0v) is 15.8. The first-order valence-corrected chi connectivity index (χ1v) is 9.89. The number of aromatic nitrogens is 4. The topological polar surface area (TPSA) is 64.9 Å². The predicted molar refractivity (Wildman–Crippen MR) is 104 cm³/mol. The Morgan fingerprint density at radius 1 is 0.931 bits per heavy atom. The molecule has 0 spiro atoms. The quantitative estimate of drug-likeness (QED) is 0.689. The maximum Gasteiger partial charge on any atom is 0.246 e. The van der Waals surface area contributed by atoms with Crippen molar-refractivity contribution in [2.75, 3.05) is 18.5 Å². The molecule has 1 saturated carbocycles. The molecule has 1 aliphatic carbocycles. The smallest absolute Gasteiger partial charge is 0.246 e. The van der Waals surface area contributed by atoms with Gasteiger partial charge in [-0.2, -0.15) is 4.98 Å². The Labute approximate surface area is 166 Å². The van der Waals surface area contributed by atoms with Crippen LogP contribution in [0.15, 0.2) is 36.7 Å². The first kappa shape index (κ1) is 18.2. The Kier molecular flexibility index (Phi) is 4.71. The van der Waals surface area contributed by atoms with E-state index in [2.05, 4.69) is 27.5 Å². The molecular formula is C21H21F2N5O. The summed E-state index contributed by atoms with van der Waals surface area (Å²) in [5.41, 5.74) is 3.49. The second kappa shape index (κ2) is 7.51. The second-order valence-corrected chi connectivity index (χ2v) is 7.60. The van der Waals surface area contributed by atoms with Gasteiger partial charge in [0.05, 0.1) is 5.69 Å².